The Bertz CT molecular complexity index is 368. The van der Waals surface area contributed by atoms with Crippen LogP contribution in [-0.2, 0) is 0 Å². The zero-order valence-corrected chi connectivity index (χ0v) is 11.1. The largest absolute Gasteiger partial charge is 0.342 e. The average molecular weight is 291 g/mol. The van der Waals surface area contributed by atoms with Gasteiger partial charge in [-0.25, -0.2) is 0 Å². The highest BCUT2D eigenvalue weighted by Gasteiger charge is 2.15. The average Bonchev–Trinajstić information content (AvgIpc) is 2.21. The van der Waals surface area contributed by atoms with Gasteiger partial charge in [-0.2, -0.15) is 0 Å². The number of amides is 1. The van der Waals surface area contributed by atoms with Gasteiger partial charge in [-0.15, -0.1) is 0 Å². The molecule has 0 bridgehead atoms. The van der Waals surface area contributed by atoms with Crippen molar-refractivity contribution < 1.29 is 4.79 Å². The van der Waals surface area contributed by atoms with Crippen LogP contribution >= 0.6 is 27.5 Å². The van der Waals surface area contributed by atoms with Crippen molar-refractivity contribution in [1.29, 1.82) is 0 Å². The van der Waals surface area contributed by atoms with Crippen LogP contribution < -0.4 is 0 Å². The van der Waals surface area contributed by atoms with Crippen LogP contribution in [0.5, 0.6) is 0 Å². The summed E-state index contributed by atoms with van der Waals surface area (Å²) in [5, 5.41) is 0.477. The third-order valence-corrected chi connectivity index (χ3v) is 3.38. The first-order valence-corrected chi connectivity index (χ1v) is 5.94. The highest BCUT2D eigenvalue weighted by molar-refractivity contribution is 9.10. The van der Waals surface area contributed by atoms with Gasteiger partial charge < -0.3 is 4.90 Å². The normalized spacial score (nSPS) is 10.1. The van der Waals surface area contributed by atoms with Gasteiger partial charge in [0.2, 0.25) is 0 Å². The van der Waals surface area contributed by atoms with Crippen molar-refractivity contribution in [3.05, 3.63) is 33.3 Å². The van der Waals surface area contributed by atoms with E-state index < -0.39 is 0 Å². The van der Waals surface area contributed by atoms with Crippen molar-refractivity contribution in [2.24, 2.45) is 0 Å². The molecule has 0 saturated heterocycles. The van der Waals surface area contributed by atoms with Crippen molar-refractivity contribution >= 4 is 33.4 Å². The van der Waals surface area contributed by atoms with Gasteiger partial charge in [-0.3, -0.25) is 4.79 Å². The van der Waals surface area contributed by atoms with E-state index in [0.717, 1.165) is 17.4 Å². The molecule has 0 aromatic heterocycles. The van der Waals surface area contributed by atoms with Crippen LogP contribution in [0.4, 0.5) is 0 Å². The summed E-state index contributed by atoms with van der Waals surface area (Å²) < 4.78 is 0.750. The molecule has 0 saturated carbocycles. The number of hydrogen-bond donors (Lipinski definition) is 0. The fourth-order valence-electron chi connectivity index (χ4n) is 1.31. The van der Waals surface area contributed by atoms with E-state index in [-0.39, 0.29) is 5.91 Å². The molecule has 0 aliphatic carbocycles. The molecule has 1 aromatic carbocycles. The monoisotopic (exact) mass is 289 g/mol. The summed E-state index contributed by atoms with van der Waals surface area (Å²) in [6.07, 6.45) is 0.938. The maximum absolute atomic E-state index is 11.9. The first-order chi connectivity index (χ1) is 7.07. The lowest BCUT2D eigenvalue weighted by Gasteiger charge is -2.17. The molecule has 0 N–H and O–H groups in total. The summed E-state index contributed by atoms with van der Waals surface area (Å²) in [6, 6.07) is 5.36. The second-order valence-electron chi connectivity index (χ2n) is 3.33. The summed E-state index contributed by atoms with van der Waals surface area (Å²) in [4.78, 5) is 13.6. The van der Waals surface area contributed by atoms with Gasteiger partial charge >= 0.3 is 0 Å². The highest BCUT2D eigenvalue weighted by Crippen LogP contribution is 2.26. The Morgan fingerprint density at radius 3 is 2.80 bits per heavy atom. The predicted molar refractivity (Wildman–Crippen MR) is 66.4 cm³/mol. The molecule has 0 fully saturated rings. The van der Waals surface area contributed by atoms with Crippen LogP contribution in [0.1, 0.15) is 23.7 Å². The molecule has 1 rings (SSSR count). The van der Waals surface area contributed by atoms with Gasteiger partial charge in [0.15, 0.2) is 0 Å². The Morgan fingerprint density at radius 1 is 1.53 bits per heavy atom. The molecule has 2 nitrogen and oxygen atoms in total. The standard InChI is InChI=1S/C11H13BrClNO/c1-3-7-14(2)11(15)8-5-4-6-9(12)10(8)13/h4-6H,3,7H2,1-2H3. The van der Waals surface area contributed by atoms with Gasteiger partial charge in [0, 0.05) is 18.1 Å². The lowest BCUT2D eigenvalue weighted by molar-refractivity contribution is 0.0795. The van der Waals surface area contributed by atoms with Crippen LogP contribution in [-0.4, -0.2) is 24.4 Å². The third kappa shape index (κ3) is 2.95. The minimum Gasteiger partial charge on any atom is -0.342 e. The van der Waals surface area contributed by atoms with E-state index in [1.54, 1.807) is 18.0 Å². The first-order valence-electron chi connectivity index (χ1n) is 4.77. The Hall–Kier alpha value is -0.540. The molecule has 1 aromatic rings. The molecular weight excluding hydrogens is 277 g/mol. The highest BCUT2D eigenvalue weighted by atomic mass is 79.9. The number of hydrogen-bond acceptors (Lipinski definition) is 1. The SMILES string of the molecule is CCCN(C)C(=O)c1cccc(Br)c1Cl. The summed E-state index contributed by atoms with van der Waals surface area (Å²) >= 11 is 9.34. The lowest BCUT2D eigenvalue weighted by atomic mass is 10.2. The molecule has 0 aliphatic heterocycles. The molecule has 15 heavy (non-hydrogen) atoms. The minimum atomic E-state index is -0.0387. The minimum absolute atomic E-state index is 0.0387. The number of carbonyl (C=O) groups excluding carboxylic acids is 1. The number of carbonyl (C=O) groups is 1. The Morgan fingerprint density at radius 2 is 2.20 bits per heavy atom. The fraction of sp³-hybridized carbons (Fsp3) is 0.364. The quantitative estimate of drug-likeness (QED) is 0.833. The van der Waals surface area contributed by atoms with Gasteiger partial charge in [0.05, 0.1) is 10.6 Å². The predicted octanol–water partition coefficient (Wildman–Crippen LogP) is 3.58. The maximum atomic E-state index is 11.9. The second kappa shape index (κ2) is 5.52. The molecular formula is C11H13BrClNO. The maximum Gasteiger partial charge on any atom is 0.255 e. The Balaban J connectivity index is 2.96. The van der Waals surface area contributed by atoms with E-state index in [4.69, 9.17) is 11.6 Å². The van der Waals surface area contributed by atoms with E-state index in [1.165, 1.54) is 0 Å². The summed E-state index contributed by atoms with van der Waals surface area (Å²) in [6.45, 7) is 2.77. The molecule has 0 radical (unpaired) electrons. The van der Waals surface area contributed by atoms with E-state index in [9.17, 15) is 4.79 Å². The zero-order valence-electron chi connectivity index (χ0n) is 8.76. The molecule has 1 amide bonds. The van der Waals surface area contributed by atoms with Crippen molar-refractivity contribution in [3.63, 3.8) is 0 Å². The molecule has 0 unspecified atom stereocenters. The van der Waals surface area contributed by atoms with Crippen LogP contribution in [0.25, 0.3) is 0 Å². The second-order valence-corrected chi connectivity index (χ2v) is 4.56. The van der Waals surface area contributed by atoms with Gasteiger partial charge in [-0.05, 0) is 34.5 Å². The van der Waals surface area contributed by atoms with E-state index in [2.05, 4.69) is 15.9 Å². The van der Waals surface area contributed by atoms with Crippen LogP contribution in [0.3, 0.4) is 0 Å². The number of nitrogens with zero attached hydrogens (tertiary/aromatic N) is 1. The number of rotatable bonds is 3. The summed E-state index contributed by atoms with van der Waals surface area (Å²) in [5.41, 5.74) is 0.544. The molecule has 0 spiro atoms. The summed E-state index contributed by atoms with van der Waals surface area (Å²) in [7, 11) is 1.78. The van der Waals surface area contributed by atoms with Crippen LogP contribution in [0.15, 0.2) is 22.7 Å². The first kappa shape index (κ1) is 12.5. The van der Waals surface area contributed by atoms with E-state index in [0.29, 0.717) is 10.6 Å². The zero-order chi connectivity index (χ0) is 11.4. The van der Waals surface area contributed by atoms with Crippen molar-refractivity contribution in [2.75, 3.05) is 13.6 Å². The fourth-order valence-corrected chi connectivity index (χ4v) is 1.88. The van der Waals surface area contributed by atoms with E-state index in [1.807, 2.05) is 19.1 Å². The smallest absolute Gasteiger partial charge is 0.255 e. The van der Waals surface area contributed by atoms with E-state index >= 15 is 0 Å². The summed E-state index contributed by atoms with van der Waals surface area (Å²) in [5.74, 6) is -0.0387. The Labute approximate surface area is 103 Å². The number of benzene rings is 1. The van der Waals surface area contributed by atoms with Crippen molar-refractivity contribution in [2.45, 2.75) is 13.3 Å². The van der Waals surface area contributed by atoms with Crippen molar-refractivity contribution in [3.8, 4) is 0 Å². The molecule has 82 valence electrons. The third-order valence-electron chi connectivity index (χ3n) is 2.09. The lowest BCUT2D eigenvalue weighted by Crippen LogP contribution is -2.27. The molecule has 0 atom stereocenters. The topological polar surface area (TPSA) is 20.3 Å². The molecule has 0 aliphatic rings. The molecule has 0 heterocycles. The van der Waals surface area contributed by atoms with Gasteiger partial charge in [0.1, 0.15) is 0 Å². The Kier molecular flexibility index (Phi) is 4.61. The van der Waals surface area contributed by atoms with Crippen molar-refractivity contribution in [1.82, 2.24) is 4.90 Å². The van der Waals surface area contributed by atoms with Crippen LogP contribution in [0, 0.1) is 0 Å². The number of halogens is 2. The van der Waals surface area contributed by atoms with Crippen LogP contribution in [0.2, 0.25) is 5.02 Å². The van der Waals surface area contributed by atoms with Gasteiger partial charge in [-0.1, -0.05) is 24.6 Å². The molecule has 4 heteroatoms. The van der Waals surface area contributed by atoms with Gasteiger partial charge in [0.25, 0.3) is 5.91 Å².